The number of nitrogens with one attached hydrogen (secondary N) is 2. The van der Waals surface area contributed by atoms with Gasteiger partial charge in [-0.15, -0.1) is 0 Å². The van der Waals surface area contributed by atoms with E-state index in [1.807, 2.05) is 29.2 Å². The Labute approximate surface area is 203 Å². The average molecular weight is 475 g/mol. The molecule has 4 heterocycles. The number of nitrogen functional groups attached to an aromatic ring is 1. The van der Waals surface area contributed by atoms with Crippen LogP contribution in [0.3, 0.4) is 0 Å². The number of amides is 2. The number of benzene rings is 1. The molecular formula is C25H30N8O2. The van der Waals surface area contributed by atoms with Gasteiger partial charge in [-0.1, -0.05) is 13.0 Å². The van der Waals surface area contributed by atoms with Gasteiger partial charge in [0.05, 0.1) is 35.3 Å². The Balaban J connectivity index is 1.42. The standard InChI is InChI=1S/C25H30N8O2/c1-15-8-17(26)13-33(12-15)22-4-5-28-11-21(22)31-25(35)24-19(27)9-16-2-3-18(10-20(16)30-24)32-7-6-29-23(34)14-32/h2-5,9-11,15,17H,6-8,12-14,26-27H2,1H3,(H,29,34)(H,31,35)/t15-,17+/m1/s1. The van der Waals surface area contributed by atoms with Crippen LogP contribution >= 0.6 is 0 Å². The van der Waals surface area contributed by atoms with Crippen LogP contribution in [0, 0.1) is 5.92 Å². The molecule has 2 fully saturated rings. The summed E-state index contributed by atoms with van der Waals surface area (Å²) in [4.78, 5) is 38.1. The molecular weight excluding hydrogens is 444 g/mol. The van der Waals surface area contributed by atoms with Crippen LogP contribution in [0.4, 0.5) is 22.7 Å². The van der Waals surface area contributed by atoms with Gasteiger partial charge in [-0.25, -0.2) is 4.98 Å². The van der Waals surface area contributed by atoms with E-state index in [4.69, 9.17) is 11.5 Å². The predicted molar refractivity (Wildman–Crippen MR) is 138 cm³/mol. The minimum absolute atomic E-state index is 0.0157. The van der Waals surface area contributed by atoms with E-state index >= 15 is 0 Å². The molecule has 35 heavy (non-hydrogen) atoms. The summed E-state index contributed by atoms with van der Waals surface area (Å²) < 4.78 is 0. The van der Waals surface area contributed by atoms with Gasteiger partial charge in [0, 0.05) is 49.5 Å². The first-order valence-electron chi connectivity index (χ1n) is 11.8. The number of hydrogen-bond donors (Lipinski definition) is 4. The molecule has 2 atom stereocenters. The van der Waals surface area contributed by atoms with Crippen LogP contribution in [0.1, 0.15) is 23.8 Å². The third kappa shape index (κ3) is 4.83. The Hall–Kier alpha value is -3.92. The minimum Gasteiger partial charge on any atom is -0.397 e. The number of carbonyl (C=O) groups excluding carboxylic acids is 2. The number of nitrogens with zero attached hydrogens (tertiary/aromatic N) is 4. The molecule has 10 heteroatoms. The van der Waals surface area contributed by atoms with Crippen molar-refractivity contribution >= 4 is 45.5 Å². The zero-order valence-corrected chi connectivity index (χ0v) is 19.7. The fourth-order valence-electron chi connectivity index (χ4n) is 4.95. The fraction of sp³-hybridized carbons (Fsp3) is 0.360. The number of nitrogens with two attached hydrogens (primary N) is 2. The van der Waals surface area contributed by atoms with Gasteiger partial charge >= 0.3 is 0 Å². The van der Waals surface area contributed by atoms with Crippen molar-refractivity contribution in [2.75, 3.05) is 53.6 Å². The summed E-state index contributed by atoms with van der Waals surface area (Å²) in [5.74, 6) is 0.0298. The summed E-state index contributed by atoms with van der Waals surface area (Å²) >= 11 is 0. The second-order valence-electron chi connectivity index (χ2n) is 9.43. The van der Waals surface area contributed by atoms with E-state index in [9.17, 15) is 9.59 Å². The molecule has 182 valence electrons. The third-order valence-corrected chi connectivity index (χ3v) is 6.53. The lowest BCUT2D eigenvalue weighted by molar-refractivity contribution is -0.120. The number of rotatable bonds is 4. The normalized spacial score (nSPS) is 20.6. The van der Waals surface area contributed by atoms with Crippen molar-refractivity contribution in [3.05, 3.63) is 48.4 Å². The second kappa shape index (κ2) is 9.38. The van der Waals surface area contributed by atoms with Crippen LogP contribution < -0.4 is 31.9 Å². The van der Waals surface area contributed by atoms with Gasteiger partial charge in [0.2, 0.25) is 5.91 Å². The summed E-state index contributed by atoms with van der Waals surface area (Å²) in [5.41, 5.74) is 15.9. The Kier molecular flexibility index (Phi) is 6.12. The summed E-state index contributed by atoms with van der Waals surface area (Å²) in [6, 6.07) is 9.44. The lowest BCUT2D eigenvalue weighted by Crippen LogP contribution is -2.47. The highest BCUT2D eigenvalue weighted by atomic mass is 16.2. The lowest BCUT2D eigenvalue weighted by atomic mass is 9.96. The lowest BCUT2D eigenvalue weighted by Gasteiger charge is -2.37. The number of hydrogen-bond acceptors (Lipinski definition) is 8. The maximum Gasteiger partial charge on any atom is 0.276 e. The molecule has 2 aliphatic rings. The number of fused-ring (bicyclic) bond motifs is 1. The molecule has 0 bridgehead atoms. The highest BCUT2D eigenvalue weighted by molar-refractivity contribution is 6.09. The van der Waals surface area contributed by atoms with Gasteiger partial charge in [0.25, 0.3) is 5.91 Å². The topological polar surface area (TPSA) is 142 Å². The Morgan fingerprint density at radius 3 is 2.86 bits per heavy atom. The van der Waals surface area contributed by atoms with E-state index in [1.165, 1.54) is 0 Å². The first-order chi connectivity index (χ1) is 16.9. The maximum atomic E-state index is 13.3. The van der Waals surface area contributed by atoms with Gasteiger partial charge in [-0.05, 0) is 36.6 Å². The van der Waals surface area contributed by atoms with Crippen molar-refractivity contribution in [2.45, 2.75) is 19.4 Å². The molecule has 0 spiro atoms. The van der Waals surface area contributed by atoms with Crippen molar-refractivity contribution in [2.24, 2.45) is 11.7 Å². The molecule has 6 N–H and O–H groups in total. The first kappa shape index (κ1) is 22.9. The van der Waals surface area contributed by atoms with Crippen LogP contribution in [0.15, 0.2) is 42.7 Å². The van der Waals surface area contributed by atoms with Crippen molar-refractivity contribution in [1.82, 2.24) is 15.3 Å². The molecule has 1 aromatic carbocycles. The molecule has 10 nitrogen and oxygen atoms in total. The van der Waals surface area contributed by atoms with Crippen molar-refractivity contribution in [3.8, 4) is 0 Å². The minimum atomic E-state index is -0.407. The van der Waals surface area contributed by atoms with Gasteiger partial charge in [0.1, 0.15) is 0 Å². The summed E-state index contributed by atoms with van der Waals surface area (Å²) in [6.07, 6.45) is 4.32. The van der Waals surface area contributed by atoms with Crippen molar-refractivity contribution in [3.63, 3.8) is 0 Å². The van der Waals surface area contributed by atoms with Crippen LogP contribution in [0.25, 0.3) is 10.9 Å². The van der Waals surface area contributed by atoms with E-state index in [0.717, 1.165) is 29.7 Å². The zero-order valence-electron chi connectivity index (χ0n) is 19.7. The molecule has 2 aromatic heterocycles. The molecule has 2 amide bonds. The molecule has 0 aliphatic carbocycles. The summed E-state index contributed by atoms with van der Waals surface area (Å²) in [6.45, 7) is 5.33. The van der Waals surface area contributed by atoms with Crippen LogP contribution in [-0.2, 0) is 4.79 Å². The van der Waals surface area contributed by atoms with Crippen LogP contribution in [0.5, 0.6) is 0 Å². The van der Waals surface area contributed by atoms with Gasteiger partial charge < -0.3 is 31.9 Å². The molecule has 0 unspecified atom stereocenters. The Morgan fingerprint density at radius 1 is 1.20 bits per heavy atom. The van der Waals surface area contributed by atoms with E-state index in [2.05, 4.69) is 32.4 Å². The highest BCUT2D eigenvalue weighted by Crippen LogP contribution is 2.30. The predicted octanol–water partition coefficient (Wildman–Crippen LogP) is 1.57. The molecule has 5 rings (SSSR count). The number of carbonyl (C=O) groups is 2. The quantitative estimate of drug-likeness (QED) is 0.446. The number of aromatic nitrogens is 2. The number of piperidine rings is 1. The first-order valence-corrected chi connectivity index (χ1v) is 11.8. The third-order valence-electron chi connectivity index (χ3n) is 6.53. The Morgan fingerprint density at radius 2 is 2.06 bits per heavy atom. The molecule has 2 saturated heterocycles. The van der Waals surface area contributed by atoms with Crippen molar-refractivity contribution < 1.29 is 9.59 Å². The molecule has 0 radical (unpaired) electrons. The fourth-order valence-corrected chi connectivity index (χ4v) is 4.95. The smallest absolute Gasteiger partial charge is 0.276 e. The van der Waals surface area contributed by atoms with E-state index < -0.39 is 5.91 Å². The van der Waals surface area contributed by atoms with E-state index in [0.29, 0.717) is 42.4 Å². The van der Waals surface area contributed by atoms with E-state index in [1.54, 1.807) is 18.5 Å². The maximum absolute atomic E-state index is 13.3. The molecule has 0 saturated carbocycles. The van der Waals surface area contributed by atoms with Crippen molar-refractivity contribution in [1.29, 1.82) is 0 Å². The summed E-state index contributed by atoms with van der Waals surface area (Å²) in [7, 11) is 0. The second-order valence-corrected chi connectivity index (χ2v) is 9.43. The molecule has 2 aliphatic heterocycles. The number of pyridine rings is 2. The zero-order chi connectivity index (χ0) is 24.5. The average Bonchev–Trinajstić information content (AvgIpc) is 2.83. The van der Waals surface area contributed by atoms with Crippen LogP contribution in [0.2, 0.25) is 0 Å². The Bertz CT molecular complexity index is 1270. The van der Waals surface area contributed by atoms with Crippen LogP contribution in [-0.4, -0.2) is 60.5 Å². The monoisotopic (exact) mass is 474 g/mol. The number of anilines is 4. The highest BCUT2D eigenvalue weighted by Gasteiger charge is 2.25. The summed E-state index contributed by atoms with van der Waals surface area (Å²) in [5, 5.41) is 6.60. The van der Waals surface area contributed by atoms with Gasteiger partial charge in [-0.2, -0.15) is 0 Å². The van der Waals surface area contributed by atoms with Gasteiger partial charge in [0.15, 0.2) is 5.69 Å². The number of piperazine rings is 1. The molecule has 3 aromatic rings. The van der Waals surface area contributed by atoms with Gasteiger partial charge in [-0.3, -0.25) is 14.6 Å². The SMILES string of the molecule is C[C@@H]1C[C@H](N)CN(c2ccncc2NC(=O)c2nc3cc(N4CCNC(=O)C4)ccc3cc2N)C1. The van der Waals surface area contributed by atoms with E-state index in [-0.39, 0.29) is 24.2 Å². The largest absolute Gasteiger partial charge is 0.397 e.